The molecule has 1 saturated heterocycles. The molecule has 0 spiro atoms. The average Bonchev–Trinajstić information content (AvgIpc) is 2.64. The first kappa shape index (κ1) is 18.0. The van der Waals surface area contributed by atoms with Gasteiger partial charge >= 0.3 is 0 Å². The second-order valence-corrected chi connectivity index (χ2v) is 7.62. The molecule has 136 valence electrons. The van der Waals surface area contributed by atoms with E-state index in [1.54, 1.807) is 6.92 Å². The summed E-state index contributed by atoms with van der Waals surface area (Å²) in [5.41, 5.74) is 2.39. The highest BCUT2D eigenvalue weighted by Crippen LogP contribution is 2.37. The highest BCUT2D eigenvalue weighted by molar-refractivity contribution is 5.84. The quantitative estimate of drug-likeness (QED) is 0.845. The molecule has 4 nitrogen and oxygen atoms in total. The van der Waals surface area contributed by atoms with Crippen molar-refractivity contribution in [1.29, 1.82) is 0 Å². The minimum absolute atomic E-state index is 0.0234. The Morgan fingerprint density at radius 2 is 1.48 bits per heavy atom. The number of amides is 2. The molecule has 2 amide bonds. The highest BCUT2D eigenvalue weighted by atomic mass is 16.2. The van der Waals surface area contributed by atoms with Crippen LogP contribution in [0.3, 0.4) is 0 Å². The Hall–Kier alpha value is -1.84. The van der Waals surface area contributed by atoms with E-state index in [4.69, 9.17) is 0 Å². The van der Waals surface area contributed by atoms with Crippen molar-refractivity contribution < 1.29 is 9.59 Å². The van der Waals surface area contributed by atoms with E-state index >= 15 is 0 Å². The number of rotatable bonds is 3. The molecule has 0 bridgehead atoms. The molecule has 4 heteroatoms. The molecule has 1 aliphatic carbocycles. The molecule has 1 aromatic carbocycles. The van der Waals surface area contributed by atoms with Gasteiger partial charge in [0.25, 0.3) is 0 Å². The van der Waals surface area contributed by atoms with Crippen molar-refractivity contribution in [1.82, 2.24) is 9.80 Å². The lowest BCUT2D eigenvalue weighted by Gasteiger charge is -2.38. The van der Waals surface area contributed by atoms with E-state index in [9.17, 15) is 9.59 Å². The first-order valence-corrected chi connectivity index (χ1v) is 9.67. The SMILES string of the molecule is CC(=O)N1CCN(C(=O)C(c2ccc(C)cc2)C2CCCCC2)CC1. The lowest BCUT2D eigenvalue weighted by Crippen LogP contribution is -2.51. The summed E-state index contributed by atoms with van der Waals surface area (Å²) >= 11 is 0. The fourth-order valence-corrected chi connectivity index (χ4v) is 4.30. The number of hydrogen-bond donors (Lipinski definition) is 0. The van der Waals surface area contributed by atoms with Gasteiger partial charge in [-0.25, -0.2) is 0 Å². The maximum absolute atomic E-state index is 13.4. The van der Waals surface area contributed by atoms with Crippen LogP contribution in [-0.2, 0) is 9.59 Å². The van der Waals surface area contributed by atoms with Gasteiger partial charge in [-0.15, -0.1) is 0 Å². The van der Waals surface area contributed by atoms with Gasteiger partial charge in [0.1, 0.15) is 0 Å². The molecule has 2 fully saturated rings. The van der Waals surface area contributed by atoms with Gasteiger partial charge in [-0.3, -0.25) is 9.59 Å². The van der Waals surface area contributed by atoms with Gasteiger partial charge in [0, 0.05) is 33.1 Å². The molecule has 1 saturated carbocycles. The third-order valence-corrected chi connectivity index (χ3v) is 5.86. The summed E-state index contributed by atoms with van der Waals surface area (Å²) in [4.78, 5) is 28.7. The molecular formula is C21H30N2O2. The predicted molar refractivity (Wildman–Crippen MR) is 99.3 cm³/mol. The second kappa shape index (κ2) is 8.03. The van der Waals surface area contributed by atoms with Crippen LogP contribution in [0, 0.1) is 12.8 Å². The summed E-state index contributed by atoms with van der Waals surface area (Å²) in [6, 6.07) is 8.51. The number of carbonyl (C=O) groups excluding carboxylic acids is 2. The Bertz CT molecular complexity index is 597. The van der Waals surface area contributed by atoms with Crippen LogP contribution >= 0.6 is 0 Å². The predicted octanol–water partition coefficient (Wildman–Crippen LogP) is 3.35. The number of hydrogen-bond acceptors (Lipinski definition) is 2. The van der Waals surface area contributed by atoms with Gasteiger partial charge in [-0.1, -0.05) is 49.1 Å². The molecule has 0 aromatic heterocycles. The van der Waals surface area contributed by atoms with Gasteiger partial charge in [-0.05, 0) is 31.2 Å². The second-order valence-electron chi connectivity index (χ2n) is 7.62. The number of carbonyl (C=O) groups is 2. The minimum Gasteiger partial charge on any atom is -0.339 e. The standard InChI is InChI=1S/C21H30N2O2/c1-16-8-10-19(11-9-16)20(18-6-4-3-5-7-18)21(25)23-14-12-22(13-15-23)17(2)24/h8-11,18,20H,3-7,12-15H2,1-2H3. The molecular weight excluding hydrogens is 312 g/mol. The zero-order valence-corrected chi connectivity index (χ0v) is 15.5. The van der Waals surface area contributed by atoms with Crippen molar-refractivity contribution in [2.24, 2.45) is 5.92 Å². The normalized spacial score (nSPS) is 20.4. The lowest BCUT2D eigenvalue weighted by atomic mass is 9.76. The molecule has 3 rings (SSSR count). The zero-order valence-electron chi connectivity index (χ0n) is 15.5. The van der Waals surface area contributed by atoms with Gasteiger partial charge in [-0.2, -0.15) is 0 Å². The molecule has 25 heavy (non-hydrogen) atoms. The van der Waals surface area contributed by atoms with E-state index < -0.39 is 0 Å². The van der Waals surface area contributed by atoms with Crippen molar-refractivity contribution in [3.8, 4) is 0 Å². The van der Waals surface area contributed by atoms with E-state index in [1.807, 2.05) is 9.80 Å². The molecule has 0 N–H and O–H groups in total. The van der Waals surface area contributed by atoms with Crippen LogP contribution in [0.2, 0.25) is 0 Å². The molecule has 1 atom stereocenters. The smallest absolute Gasteiger partial charge is 0.230 e. The Morgan fingerprint density at radius 1 is 0.920 bits per heavy atom. The van der Waals surface area contributed by atoms with Crippen molar-refractivity contribution in [2.45, 2.75) is 51.9 Å². The Balaban J connectivity index is 1.77. The molecule has 1 aromatic rings. The van der Waals surface area contributed by atoms with Gasteiger partial charge in [0.2, 0.25) is 11.8 Å². The summed E-state index contributed by atoms with van der Waals surface area (Å²) in [5, 5.41) is 0. The Kier molecular flexibility index (Phi) is 5.77. The van der Waals surface area contributed by atoms with Gasteiger partial charge < -0.3 is 9.80 Å². The summed E-state index contributed by atoms with van der Waals surface area (Å²) < 4.78 is 0. The Labute approximate surface area is 151 Å². The third kappa shape index (κ3) is 4.23. The molecule has 1 heterocycles. The van der Waals surface area contributed by atoms with E-state index in [0.717, 1.165) is 18.4 Å². The van der Waals surface area contributed by atoms with Crippen LogP contribution in [-0.4, -0.2) is 47.8 Å². The number of aryl methyl sites for hydroxylation is 1. The number of benzene rings is 1. The zero-order chi connectivity index (χ0) is 17.8. The van der Waals surface area contributed by atoms with Crippen LogP contribution in [0.15, 0.2) is 24.3 Å². The fourth-order valence-electron chi connectivity index (χ4n) is 4.30. The van der Waals surface area contributed by atoms with E-state index in [-0.39, 0.29) is 17.7 Å². The van der Waals surface area contributed by atoms with E-state index in [1.165, 1.54) is 24.8 Å². The van der Waals surface area contributed by atoms with Gasteiger partial charge in [0.05, 0.1) is 5.92 Å². The topological polar surface area (TPSA) is 40.6 Å². The van der Waals surface area contributed by atoms with Crippen molar-refractivity contribution in [3.63, 3.8) is 0 Å². The van der Waals surface area contributed by atoms with E-state index in [0.29, 0.717) is 32.1 Å². The first-order chi connectivity index (χ1) is 12.1. The van der Waals surface area contributed by atoms with Crippen molar-refractivity contribution in [3.05, 3.63) is 35.4 Å². The largest absolute Gasteiger partial charge is 0.339 e. The van der Waals surface area contributed by atoms with Crippen LogP contribution in [0.25, 0.3) is 0 Å². The van der Waals surface area contributed by atoms with E-state index in [2.05, 4.69) is 31.2 Å². The molecule has 1 aliphatic heterocycles. The van der Waals surface area contributed by atoms with Crippen LogP contribution < -0.4 is 0 Å². The fraction of sp³-hybridized carbons (Fsp3) is 0.619. The van der Waals surface area contributed by atoms with Crippen molar-refractivity contribution >= 4 is 11.8 Å². The Morgan fingerprint density at radius 3 is 2.04 bits per heavy atom. The summed E-state index contributed by atoms with van der Waals surface area (Å²) in [6.45, 7) is 6.33. The molecule has 2 aliphatic rings. The van der Waals surface area contributed by atoms with Crippen molar-refractivity contribution in [2.75, 3.05) is 26.2 Å². The maximum atomic E-state index is 13.4. The lowest BCUT2D eigenvalue weighted by molar-refractivity contribution is -0.140. The summed E-state index contributed by atoms with van der Waals surface area (Å²) in [6.07, 6.45) is 6.06. The summed E-state index contributed by atoms with van der Waals surface area (Å²) in [7, 11) is 0. The van der Waals surface area contributed by atoms with Crippen LogP contribution in [0.1, 0.15) is 56.1 Å². The van der Waals surface area contributed by atoms with Crippen LogP contribution in [0.5, 0.6) is 0 Å². The summed E-state index contributed by atoms with van der Waals surface area (Å²) in [5.74, 6) is 0.799. The maximum Gasteiger partial charge on any atom is 0.230 e. The van der Waals surface area contributed by atoms with Crippen LogP contribution in [0.4, 0.5) is 0 Å². The number of nitrogens with zero attached hydrogens (tertiary/aromatic N) is 2. The van der Waals surface area contributed by atoms with Gasteiger partial charge in [0.15, 0.2) is 0 Å². The monoisotopic (exact) mass is 342 g/mol. The third-order valence-electron chi connectivity index (χ3n) is 5.86. The molecule has 1 unspecified atom stereocenters. The minimum atomic E-state index is -0.0234. The number of piperazine rings is 1. The highest BCUT2D eigenvalue weighted by Gasteiger charge is 2.35. The molecule has 0 radical (unpaired) electrons. The first-order valence-electron chi connectivity index (χ1n) is 9.67. The average molecular weight is 342 g/mol.